The van der Waals surface area contributed by atoms with E-state index in [2.05, 4.69) is 20.7 Å². The van der Waals surface area contributed by atoms with Gasteiger partial charge in [-0.25, -0.2) is 0 Å². The van der Waals surface area contributed by atoms with Crippen molar-refractivity contribution in [2.45, 2.75) is 19.3 Å². The summed E-state index contributed by atoms with van der Waals surface area (Å²) in [5.74, 6) is 0. The van der Waals surface area contributed by atoms with E-state index < -0.39 is 0 Å². The number of piperidine rings is 1. The Hall–Kier alpha value is -0.300. The maximum Gasteiger partial charge on any atom is 0.101 e. The van der Waals surface area contributed by atoms with Crippen LogP contribution in [0.1, 0.15) is 19.3 Å². The van der Waals surface area contributed by atoms with Crippen LogP contribution in [0.15, 0.2) is 12.3 Å². The predicted octanol–water partition coefficient (Wildman–Crippen LogP) is 1.76. The third kappa shape index (κ3) is 1.33. The third-order valence-electron chi connectivity index (χ3n) is 2.29. The highest BCUT2D eigenvalue weighted by atomic mass is 15.3. The first kappa shape index (κ1) is 6.81. The van der Waals surface area contributed by atoms with Crippen LogP contribution in [0.4, 0.5) is 0 Å². The zero-order valence-corrected chi connectivity index (χ0v) is 6.48. The van der Waals surface area contributed by atoms with Crippen molar-refractivity contribution in [3.05, 3.63) is 12.3 Å². The molecule has 52 valence electrons. The van der Waals surface area contributed by atoms with Gasteiger partial charge < -0.3 is 4.48 Å². The van der Waals surface area contributed by atoms with Crippen LogP contribution in [-0.2, 0) is 0 Å². The van der Waals surface area contributed by atoms with Crippen molar-refractivity contribution in [1.29, 1.82) is 0 Å². The molecule has 0 aliphatic carbocycles. The number of allylic oxidation sites excluding steroid dienone is 1. The lowest BCUT2D eigenvalue weighted by Gasteiger charge is -2.34. The van der Waals surface area contributed by atoms with Gasteiger partial charge >= 0.3 is 0 Å². The lowest BCUT2D eigenvalue weighted by atomic mass is 10.1. The molecule has 0 unspecified atom stereocenters. The molecule has 0 spiro atoms. The first-order valence-electron chi connectivity index (χ1n) is 3.64. The number of hydrogen-bond acceptors (Lipinski definition) is 0. The Labute approximate surface area is 57.6 Å². The predicted molar refractivity (Wildman–Crippen MR) is 40.0 cm³/mol. The Morgan fingerprint density at radius 2 is 2.00 bits per heavy atom. The summed E-state index contributed by atoms with van der Waals surface area (Å²) >= 11 is 0. The highest BCUT2D eigenvalue weighted by Crippen LogP contribution is 2.22. The summed E-state index contributed by atoms with van der Waals surface area (Å²) in [4.78, 5) is 0. The largest absolute Gasteiger partial charge is 0.300 e. The van der Waals surface area contributed by atoms with E-state index in [1.165, 1.54) is 31.5 Å². The van der Waals surface area contributed by atoms with E-state index in [4.69, 9.17) is 0 Å². The molecule has 0 atom stereocenters. The Bertz CT molecular complexity index is 125. The van der Waals surface area contributed by atoms with Gasteiger partial charge in [-0.05, 0) is 19.4 Å². The summed E-state index contributed by atoms with van der Waals surface area (Å²) in [5, 5.41) is 0. The van der Waals surface area contributed by atoms with Crippen LogP contribution in [0.5, 0.6) is 0 Å². The molecule has 0 aromatic rings. The number of likely N-dealkylation sites (tertiary alicyclic amines) is 1. The van der Waals surface area contributed by atoms with E-state index in [0.717, 1.165) is 4.48 Å². The van der Waals surface area contributed by atoms with E-state index in [-0.39, 0.29) is 0 Å². The van der Waals surface area contributed by atoms with Crippen LogP contribution in [-0.4, -0.2) is 25.1 Å². The summed E-state index contributed by atoms with van der Waals surface area (Å²) in [7, 11) is 4.48. The van der Waals surface area contributed by atoms with Gasteiger partial charge in [0.05, 0.1) is 20.6 Å². The summed E-state index contributed by atoms with van der Waals surface area (Å²) in [5.41, 5.74) is 1.39. The summed E-state index contributed by atoms with van der Waals surface area (Å²) in [6, 6.07) is 0. The van der Waals surface area contributed by atoms with Crippen molar-refractivity contribution >= 4 is 0 Å². The van der Waals surface area contributed by atoms with Crippen LogP contribution < -0.4 is 0 Å². The second-order valence-corrected chi connectivity index (χ2v) is 3.43. The van der Waals surface area contributed by atoms with Gasteiger partial charge in [-0.1, -0.05) is 0 Å². The summed E-state index contributed by atoms with van der Waals surface area (Å²) < 4.78 is 1.04. The minimum atomic E-state index is 1.04. The minimum absolute atomic E-state index is 1.04. The zero-order chi connectivity index (χ0) is 6.91. The van der Waals surface area contributed by atoms with Crippen LogP contribution in [0.2, 0.25) is 0 Å². The van der Waals surface area contributed by atoms with E-state index in [9.17, 15) is 0 Å². The Morgan fingerprint density at radius 1 is 1.33 bits per heavy atom. The first-order chi connectivity index (χ1) is 4.13. The van der Waals surface area contributed by atoms with Gasteiger partial charge in [0.25, 0.3) is 0 Å². The number of rotatable bonds is 0. The Balaban J connectivity index is 2.60. The fourth-order valence-electron chi connectivity index (χ4n) is 1.30. The fraction of sp³-hybridized carbons (Fsp3) is 0.750. The molecular weight excluding hydrogens is 110 g/mol. The third-order valence-corrected chi connectivity index (χ3v) is 2.29. The number of hydrogen-bond donors (Lipinski definition) is 0. The smallest absolute Gasteiger partial charge is 0.101 e. The van der Waals surface area contributed by atoms with Gasteiger partial charge in [-0.15, -0.1) is 0 Å². The molecule has 1 nitrogen and oxygen atoms in total. The zero-order valence-electron chi connectivity index (χ0n) is 6.48. The molecular formula is C8H16N+. The Kier molecular flexibility index (Phi) is 1.62. The van der Waals surface area contributed by atoms with Crippen LogP contribution >= 0.6 is 0 Å². The van der Waals surface area contributed by atoms with Gasteiger partial charge in [0.1, 0.15) is 5.70 Å². The second-order valence-electron chi connectivity index (χ2n) is 3.43. The molecule has 1 saturated heterocycles. The molecule has 0 bridgehead atoms. The normalized spacial score (nSPS) is 26.2. The highest BCUT2D eigenvalue weighted by molar-refractivity contribution is 4.85. The monoisotopic (exact) mass is 126 g/mol. The van der Waals surface area contributed by atoms with Crippen molar-refractivity contribution in [2.75, 3.05) is 20.6 Å². The van der Waals surface area contributed by atoms with E-state index in [0.29, 0.717) is 0 Å². The van der Waals surface area contributed by atoms with Crippen molar-refractivity contribution in [3.63, 3.8) is 0 Å². The van der Waals surface area contributed by atoms with Crippen molar-refractivity contribution in [1.82, 2.24) is 0 Å². The molecule has 0 amide bonds. The first-order valence-corrected chi connectivity index (χ1v) is 3.64. The molecule has 0 N–H and O–H groups in total. The SMILES string of the molecule is C=C1CCCC[N+]1(C)C. The van der Waals surface area contributed by atoms with E-state index in [1.807, 2.05) is 0 Å². The average Bonchev–Trinajstić information content (AvgIpc) is 1.77. The quantitative estimate of drug-likeness (QED) is 0.434. The summed E-state index contributed by atoms with van der Waals surface area (Å²) in [6.45, 7) is 5.32. The lowest BCUT2D eigenvalue weighted by molar-refractivity contribution is -0.857. The van der Waals surface area contributed by atoms with Gasteiger partial charge in [0.2, 0.25) is 0 Å². The van der Waals surface area contributed by atoms with Crippen molar-refractivity contribution in [2.24, 2.45) is 0 Å². The van der Waals surface area contributed by atoms with Gasteiger partial charge in [0.15, 0.2) is 0 Å². The molecule has 1 rings (SSSR count). The van der Waals surface area contributed by atoms with Crippen LogP contribution in [0.3, 0.4) is 0 Å². The standard InChI is InChI=1S/C8H16N/c1-8-6-4-5-7-9(8,2)3/h1,4-7H2,2-3H3/q+1. The molecule has 1 aliphatic heterocycles. The topological polar surface area (TPSA) is 0 Å². The number of nitrogens with zero attached hydrogens (tertiary/aromatic N) is 1. The number of quaternary nitrogens is 1. The van der Waals surface area contributed by atoms with E-state index in [1.54, 1.807) is 0 Å². The molecule has 1 aliphatic rings. The average molecular weight is 126 g/mol. The van der Waals surface area contributed by atoms with Crippen molar-refractivity contribution < 1.29 is 4.48 Å². The van der Waals surface area contributed by atoms with Crippen LogP contribution in [0.25, 0.3) is 0 Å². The lowest BCUT2D eigenvalue weighted by Crippen LogP contribution is -2.41. The molecule has 0 saturated carbocycles. The molecule has 1 heteroatoms. The molecule has 0 aromatic carbocycles. The highest BCUT2D eigenvalue weighted by Gasteiger charge is 2.23. The van der Waals surface area contributed by atoms with Gasteiger partial charge in [-0.3, -0.25) is 0 Å². The molecule has 1 fully saturated rings. The fourth-order valence-corrected chi connectivity index (χ4v) is 1.30. The minimum Gasteiger partial charge on any atom is -0.300 e. The maximum atomic E-state index is 4.04. The second kappa shape index (κ2) is 2.14. The van der Waals surface area contributed by atoms with Gasteiger partial charge in [-0.2, -0.15) is 0 Å². The molecule has 9 heavy (non-hydrogen) atoms. The van der Waals surface area contributed by atoms with Crippen LogP contribution in [0, 0.1) is 0 Å². The molecule has 1 heterocycles. The Morgan fingerprint density at radius 3 is 2.33 bits per heavy atom. The van der Waals surface area contributed by atoms with Gasteiger partial charge in [0, 0.05) is 6.42 Å². The maximum absolute atomic E-state index is 4.04. The molecule has 0 aromatic heterocycles. The molecule has 0 radical (unpaired) electrons. The van der Waals surface area contributed by atoms with E-state index >= 15 is 0 Å². The van der Waals surface area contributed by atoms with Crippen molar-refractivity contribution in [3.8, 4) is 0 Å². The summed E-state index contributed by atoms with van der Waals surface area (Å²) in [6.07, 6.45) is 3.94.